The van der Waals surface area contributed by atoms with Crippen LogP contribution in [0.3, 0.4) is 0 Å². The smallest absolute Gasteiger partial charge is 0.338 e. The summed E-state index contributed by atoms with van der Waals surface area (Å²) in [7, 11) is 7.71. The van der Waals surface area contributed by atoms with Gasteiger partial charge in [0.15, 0.2) is 0 Å². The molecule has 0 saturated heterocycles. The van der Waals surface area contributed by atoms with Gasteiger partial charge >= 0.3 is 17.9 Å². The molecule has 5 atom stereocenters. The molecule has 0 radical (unpaired) electrons. The number of nitrogens with zero attached hydrogens (tertiary/aromatic N) is 2. The molecule has 1 heterocycles. The third kappa shape index (κ3) is 6.94. The molecule has 38 heavy (non-hydrogen) atoms. The fraction of sp³-hybridized carbons (Fsp3) is 0.700. The van der Waals surface area contributed by atoms with E-state index in [9.17, 15) is 14.4 Å². The third-order valence-electron chi connectivity index (χ3n) is 8.74. The van der Waals surface area contributed by atoms with Crippen LogP contribution in [0.1, 0.15) is 52.4 Å². The van der Waals surface area contributed by atoms with Crippen molar-refractivity contribution in [3.63, 3.8) is 0 Å². The molecule has 2 aliphatic carbocycles. The van der Waals surface area contributed by atoms with Gasteiger partial charge in [0.25, 0.3) is 0 Å². The summed E-state index contributed by atoms with van der Waals surface area (Å²) < 4.78 is 17.1. The van der Waals surface area contributed by atoms with Gasteiger partial charge in [0, 0.05) is 24.4 Å². The minimum absolute atomic E-state index is 0.0460. The number of ether oxygens (including phenoxy) is 3. The molecular formula is C30H46N2O6. The van der Waals surface area contributed by atoms with Crippen molar-refractivity contribution in [1.82, 2.24) is 9.80 Å². The van der Waals surface area contributed by atoms with Gasteiger partial charge in [-0.1, -0.05) is 38.2 Å². The molecule has 0 aromatic rings. The van der Waals surface area contributed by atoms with Crippen LogP contribution in [0.25, 0.3) is 0 Å². The van der Waals surface area contributed by atoms with Gasteiger partial charge in [-0.15, -0.1) is 0 Å². The number of esters is 3. The Balaban J connectivity index is 1.86. The van der Waals surface area contributed by atoms with E-state index in [-0.39, 0.29) is 47.9 Å². The second kappa shape index (κ2) is 12.6. The SMILES string of the molecule is C=C1CC[C@@H]2[C@](C)(COC(=O)CCN(C)C)[C@H](OC(=O)CCN(C)C)CC[C@@]2(C)[C@@H]1/C=C/C1=CCOC1=O. The standard InChI is InChI=1S/C30H46N2O6/c1-21-8-11-24-29(2,23(21)10-9-22-15-19-36-28(22)35)16-12-25(38-27(34)14-18-32(6)7)30(24,3)20-37-26(33)13-17-31(4)5/h9-10,15,23-25H,1,8,11-14,16-20H2,2-7H3/b10-9+/t23-,24+,25-,29+,30+/m1/s1. The lowest BCUT2D eigenvalue weighted by atomic mass is 9.46. The number of carbonyl (C=O) groups excluding carboxylic acids is 3. The van der Waals surface area contributed by atoms with Crippen molar-refractivity contribution in [3.05, 3.63) is 36.0 Å². The van der Waals surface area contributed by atoms with Crippen LogP contribution in [0.5, 0.6) is 0 Å². The van der Waals surface area contributed by atoms with Crippen molar-refractivity contribution < 1.29 is 28.6 Å². The van der Waals surface area contributed by atoms with Gasteiger partial charge < -0.3 is 24.0 Å². The zero-order valence-corrected chi connectivity index (χ0v) is 24.1. The van der Waals surface area contributed by atoms with E-state index in [0.717, 1.165) is 24.8 Å². The Bertz CT molecular complexity index is 970. The van der Waals surface area contributed by atoms with Gasteiger partial charge in [0.1, 0.15) is 19.3 Å². The molecule has 0 N–H and O–H groups in total. The molecule has 8 heteroatoms. The van der Waals surface area contributed by atoms with Crippen molar-refractivity contribution in [3.8, 4) is 0 Å². The average molecular weight is 531 g/mol. The fourth-order valence-electron chi connectivity index (χ4n) is 6.52. The van der Waals surface area contributed by atoms with E-state index in [1.807, 2.05) is 44.1 Å². The van der Waals surface area contributed by atoms with Gasteiger partial charge in [-0.05, 0) is 71.3 Å². The molecule has 2 saturated carbocycles. The van der Waals surface area contributed by atoms with Crippen LogP contribution in [0.4, 0.5) is 0 Å². The van der Waals surface area contributed by atoms with Crippen LogP contribution in [-0.4, -0.2) is 88.3 Å². The number of fused-ring (bicyclic) bond motifs is 1. The third-order valence-corrected chi connectivity index (χ3v) is 8.74. The molecule has 0 unspecified atom stereocenters. The topological polar surface area (TPSA) is 85.4 Å². The maximum atomic E-state index is 12.8. The first kappa shape index (κ1) is 30.1. The van der Waals surface area contributed by atoms with Crippen molar-refractivity contribution in [1.29, 1.82) is 0 Å². The van der Waals surface area contributed by atoms with Crippen LogP contribution < -0.4 is 0 Å². The summed E-state index contributed by atoms with van der Waals surface area (Å²) in [5.74, 6) is -0.590. The molecule has 0 spiro atoms. The lowest BCUT2D eigenvalue weighted by molar-refractivity contribution is -0.191. The highest BCUT2D eigenvalue weighted by Crippen LogP contribution is 2.62. The highest BCUT2D eigenvalue weighted by atomic mass is 16.6. The van der Waals surface area contributed by atoms with Crippen molar-refractivity contribution in [2.75, 3.05) is 54.5 Å². The van der Waals surface area contributed by atoms with E-state index in [2.05, 4.69) is 26.5 Å². The maximum absolute atomic E-state index is 12.8. The van der Waals surface area contributed by atoms with Crippen molar-refractivity contribution >= 4 is 17.9 Å². The van der Waals surface area contributed by atoms with E-state index in [1.54, 1.807) is 6.08 Å². The Morgan fingerprint density at radius 1 is 1.11 bits per heavy atom. The summed E-state index contributed by atoms with van der Waals surface area (Å²) >= 11 is 0. The van der Waals surface area contributed by atoms with E-state index in [1.165, 1.54) is 0 Å². The fourth-order valence-corrected chi connectivity index (χ4v) is 6.52. The minimum Gasteiger partial charge on any atom is -0.465 e. The normalized spacial score (nSPS) is 31.4. The second-order valence-corrected chi connectivity index (χ2v) is 12.1. The van der Waals surface area contributed by atoms with Gasteiger partial charge in [-0.25, -0.2) is 4.79 Å². The first-order valence-electron chi connectivity index (χ1n) is 13.7. The van der Waals surface area contributed by atoms with Crippen LogP contribution in [0.15, 0.2) is 36.0 Å². The second-order valence-electron chi connectivity index (χ2n) is 12.1. The predicted molar refractivity (Wildman–Crippen MR) is 146 cm³/mol. The molecule has 0 bridgehead atoms. The lowest BCUT2D eigenvalue weighted by Gasteiger charge is -2.60. The average Bonchev–Trinajstić information content (AvgIpc) is 3.26. The quantitative estimate of drug-likeness (QED) is 0.227. The highest BCUT2D eigenvalue weighted by Gasteiger charge is 2.59. The van der Waals surface area contributed by atoms with E-state index >= 15 is 0 Å². The molecule has 2 fully saturated rings. The zero-order chi connectivity index (χ0) is 28.1. The minimum atomic E-state index is -0.549. The Kier molecular flexibility index (Phi) is 9.98. The Hall–Kier alpha value is -2.45. The molecule has 8 nitrogen and oxygen atoms in total. The van der Waals surface area contributed by atoms with E-state index in [4.69, 9.17) is 14.2 Å². The van der Waals surface area contributed by atoms with Gasteiger partial charge in [0.2, 0.25) is 0 Å². The van der Waals surface area contributed by atoms with Crippen molar-refractivity contribution in [2.24, 2.45) is 22.7 Å². The summed E-state index contributed by atoms with van der Waals surface area (Å²) in [5.41, 5.74) is 0.974. The number of cyclic esters (lactones) is 1. The van der Waals surface area contributed by atoms with Crippen LogP contribution in [0.2, 0.25) is 0 Å². The number of rotatable bonds is 11. The van der Waals surface area contributed by atoms with E-state index < -0.39 is 5.41 Å². The number of carbonyl (C=O) groups is 3. The van der Waals surface area contributed by atoms with Gasteiger partial charge in [0.05, 0.1) is 18.4 Å². The van der Waals surface area contributed by atoms with Gasteiger partial charge in [-0.3, -0.25) is 9.59 Å². The molecule has 1 aliphatic heterocycles. The summed E-state index contributed by atoms with van der Waals surface area (Å²) in [4.78, 5) is 41.4. The molecule has 3 rings (SSSR count). The first-order valence-corrected chi connectivity index (χ1v) is 13.7. The molecule has 0 aromatic heterocycles. The monoisotopic (exact) mass is 530 g/mol. The Labute approximate surface area is 228 Å². The first-order chi connectivity index (χ1) is 17.9. The largest absolute Gasteiger partial charge is 0.465 e. The maximum Gasteiger partial charge on any atom is 0.338 e. The van der Waals surface area contributed by atoms with Crippen molar-refractivity contribution in [2.45, 2.75) is 58.5 Å². The summed E-state index contributed by atoms with van der Waals surface area (Å²) in [6.45, 7) is 10.5. The number of hydrogen-bond acceptors (Lipinski definition) is 8. The molecular weight excluding hydrogens is 484 g/mol. The number of allylic oxidation sites excluding steroid dienone is 2. The van der Waals surface area contributed by atoms with Gasteiger partial charge in [-0.2, -0.15) is 0 Å². The zero-order valence-electron chi connectivity index (χ0n) is 24.1. The van der Waals surface area contributed by atoms with E-state index in [0.29, 0.717) is 44.5 Å². The van der Waals surface area contributed by atoms with Crippen LogP contribution >= 0.6 is 0 Å². The summed E-state index contributed by atoms with van der Waals surface area (Å²) in [6.07, 6.45) is 9.26. The highest BCUT2D eigenvalue weighted by molar-refractivity contribution is 5.93. The van der Waals surface area contributed by atoms with Crippen LogP contribution in [-0.2, 0) is 28.6 Å². The Morgan fingerprint density at radius 2 is 1.76 bits per heavy atom. The molecule has 212 valence electrons. The summed E-state index contributed by atoms with van der Waals surface area (Å²) in [6, 6.07) is 0. The van der Waals surface area contributed by atoms with Crippen LogP contribution in [0, 0.1) is 22.7 Å². The predicted octanol–water partition coefficient (Wildman–Crippen LogP) is 3.77. The summed E-state index contributed by atoms with van der Waals surface area (Å²) in [5, 5.41) is 0. The molecule has 0 aromatic carbocycles. The molecule has 0 amide bonds. The lowest BCUT2D eigenvalue weighted by Crippen LogP contribution is -2.58. The number of hydrogen-bond donors (Lipinski definition) is 0. The Morgan fingerprint density at radius 3 is 2.37 bits per heavy atom. The molecule has 3 aliphatic rings.